The smallest absolute Gasteiger partial charge is 0.307 e. The second kappa shape index (κ2) is 12.9. The van der Waals surface area contributed by atoms with E-state index in [0.29, 0.717) is 11.1 Å². The Hall–Kier alpha value is -2.69. The van der Waals surface area contributed by atoms with Crippen molar-refractivity contribution in [3.8, 4) is 11.1 Å². The van der Waals surface area contributed by atoms with Crippen LogP contribution >= 0.6 is 11.8 Å². The number of aliphatic hydroxyl groups is 1. The van der Waals surface area contributed by atoms with Crippen LogP contribution in [0.15, 0.2) is 82.6 Å². The zero-order valence-corrected chi connectivity index (χ0v) is 23.8. The number of hydrogen-bond donors (Lipinski definition) is 3. The Labute approximate surface area is 230 Å². The van der Waals surface area contributed by atoms with Crippen molar-refractivity contribution in [2.75, 3.05) is 26.4 Å². The summed E-state index contributed by atoms with van der Waals surface area (Å²) in [7, 11) is -2.37. The number of aliphatic hydroxyl groups excluding tert-OH is 1. The van der Waals surface area contributed by atoms with Crippen LogP contribution in [0, 0.1) is 0 Å². The fourth-order valence-electron chi connectivity index (χ4n) is 4.18. The number of β-amino-alcohol motifs (C(OH)–C–C–N with tert-alkyl or cyclic N) is 1. The molecule has 0 heterocycles. The van der Waals surface area contributed by atoms with Gasteiger partial charge < -0.3 is 15.5 Å². The van der Waals surface area contributed by atoms with E-state index in [1.54, 1.807) is 54.2 Å². The van der Waals surface area contributed by atoms with Crippen LogP contribution in [-0.4, -0.2) is 66.9 Å². The Kier molecular flexibility index (Phi) is 10.1. The third-order valence-corrected chi connectivity index (χ3v) is 8.84. The molecule has 7 nitrogen and oxygen atoms in total. The minimum Gasteiger partial charge on any atom is -0.481 e. The molecule has 9 heteroatoms. The van der Waals surface area contributed by atoms with Crippen LogP contribution in [0.4, 0.5) is 0 Å². The average Bonchev–Trinajstić information content (AvgIpc) is 2.88. The van der Waals surface area contributed by atoms with Gasteiger partial charge in [-0.3, -0.25) is 4.79 Å². The van der Waals surface area contributed by atoms with Crippen molar-refractivity contribution in [1.29, 1.82) is 0 Å². The van der Waals surface area contributed by atoms with Crippen LogP contribution in [-0.2, 0) is 27.7 Å². The van der Waals surface area contributed by atoms with Gasteiger partial charge in [-0.05, 0) is 73.0 Å². The van der Waals surface area contributed by atoms with Crippen LogP contribution < -0.4 is 5.32 Å². The maximum atomic E-state index is 13.2. The van der Waals surface area contributed by atoms with Crippen molar-refractivity contribution in [2.45, 2.75) is 48.1 Å². The van der Waals surface area contributed by atoms with E-state index in [4.69, 9.17) is 5.11 Å². The minimum atomic E-state index is -3.83. The molecule has 0 spiro atoms. The Morgan fingerprint density at radius 3 is 2.24 bits per heavy atom. The number of carboxylic acids is 1. The van der Waals surface area contributed by atoms with E-state index in [-0.39, 0.29) is 29.9 Å². The number of nitrogens with one attached hydrogen (secondary N) is 1. The number of sulfonamides is 1. The summed E-state index contributed by atoms with van der Waals surface area (Å²) >= 11 is 1.70. The van der Waals surface area contributed by atoms with Gasteiger partial charge in [0.25, 0.3) is 0 Å². The standard InChI is InChI=1S/C29H36N2O5S2/c1-29(2,18-22-10-14-26(37-4)15-11-22)30-19-25(32)20-31(3)38(35,36)27-7-5-6-24(17-27)23-12-8-21(9-13-23)16-28(33)34/h5-15,17,25,30,32H,16,18-20H2,1-4H3,(H,33,34)/t25-/m1/s1. The molecule has 0 bridgehead atoms. The summed E-state index contributed by atoms with van der Waals surface area (Å²) in [6, 6.07) is 22.0. The van der Waals surface area contributed by atoms with Crippen molar-refractivity contribution in [3.05, 3.63) is 83.9 Å². The van der Waals surface area contributed by atoms with Gasteiger partial charge in [-0.25, -0.2) is 8.42 Å². The highest BCUT2D eigenvalue weighted by atomic mass is 32.2. The molecule has 3 aromatic rings. The lowest BCUT2D eigenvalue weighted by Crippen LogP contribution is -2.47. The van der Waals surface area contributed by atoms with Crippen LogP contribution in [0.2, 0.25) is 0 Å². The van der Waals surface area contributed by atoms with E-state index in [0.717, 1.165) is 12.0 Å². The molecule has 204 valence electrons. The zero-order chi connectivity index (χ0) is 27.9. The van der Waals surface area contributed by atoms with Crippen molar-refractivity contribution in [3.63, 3.8) is 0 Å². The van der Waals surface area contributed by atoms with Crippen molar-refractivity contribution >= 4 is 27.8 Å². The number of nitrogens with zero attached hydrogens (tertiary/aromatic N) is 1. The first-order chi connectivity index (χ1) is 17.9. The Morgan fingerprint density at radius 2 is 1.63 bits per heavy atom. The number of benzene rings is 3. The summed E-state index contributed by atoms with van der Waals surface area (Å²) in [6.45, 7) is 4.31. The Balaban J connectivity index is 1.61. The predicted octanol–water partition coefficient (Wildman–Crippen LogP) is 4.29. The van der Waals surface area contributed by atoms with Gasteiger partial charge in [0, 0.05) is 30.6 Å². The molecule has 0 unspecified atom stereocenters. The second-order valence-electron chi connectivity index (χ2n) is 10.0. The number of rotatable bonds is 13. The summed E-state index contributed by atoms with van der Waals surface area (Å²) < 4.78 is 27.7. The maximum Gasteiger partial charge on any atom is 0.307 e. The summed E-state index contributed by atoms with van der Waals surface area (Å²) in [4.78, 5) is 12.2. The largest absolute Gasteiger partial charge is 0.481 e. The van der Waals surface area contributed by atoms with Gasteiger partial charge in [0.05, 0.1) is 17.4 Å². The van der Waals surface area contributed by atoms with Crippen molar-refractivity contribution in [2.24, 2.45) is 0 Å². The van der Waals surface area contributed by atoms with Gasteiger partial charge in [-0.2, -0.15) is 4.31 Å². The highest BCUT2D eigenvalue weighted by molar-refractivity contribution is 7.98. The number of thioether (sulfide) groups is 1. The number of likely N-dealkylation sites (N-methyl/N-ethyl adjacent to an activating group) is 1. The topological polar surface area (TPSA) is 107 Å². The lowest BCUT2D eigenvalue weighted by Gasteiger charge is -2.29. The van der Waals surface area contributed by atoms with E-state index in [1.165, 1.54) is 27.9 Å². The minimum absolute atomic E-state index is 0.0536. The molecular formula is C29H36N2O5S2. The molecule has 1 atom stereocenters. The SMILES string of the molecule is CSc1ccc(CC(C)(C)NC[C@@H](O)CN(C)S(=O)(=O)c2cccc(-c3ccc(CC(=O)O)cc3)c2)cc1. The molecule has 0 amide bonds. The molecule has 3 aromatic carbocycles. The van der Waals surface area contributed by atoms with E-state index < -0.39 is 22.1 Å². The zero-order valence-electron chi connectivity index (χ0n) is 22.2. The summed E-state index contributed by atoms with van der Waals surface area (Å²) in [6.07, 6.45) is 1.85. The van der Waals surface area contributed by atoms with E-state index >= 15 is 0 Å². The fourth-order valence-corrected chi connectivity index (χ4v) is 5.84. The molecule has 3 rings (SSSR count). The van der Waals surface area contributed by atoms with Crippen molar-refractivity contribution in [1.82, 2.24) is 9.62 Å². The van der Waals surface area contributed by atoms with Crippen molar-refractivity contribution < 1.29 is 23.4 Å². The van der Waals surface area contributed by atoms with Gasteiger partial charge in [-0.15, -0.1) is 11.8 Å². The number of carboxylic acid groups (broad SMARTS) is 1. The first kappa shape index (κ1) is 29.9. The molecule has 0 aliphatic carbocycles. The highest BCUT2D eigenvalue weighted by Gasteiger charge is 2.25. The van der Waals surface area contributed by atoms with Crippen LogP contribution in [0.25, 0.3) is 11.1 Å². The van der Waals surface area contributed by atoms with E-state index in [2.05, 4.69) is 43.4 Å². The predicted molar refractivity (Wildman–Crippen MR) is 153 cm³/mol. The third-order valence-electron chi connectivity index (χ3n) is 6.27. The molecule has 0 fully saturated rings. The normalized spacial score (nSPS) is 13.0. The summed E-state index contributed by atoms with van der Waals surface area (Å²) in [5.74, 6) is -0.907. The molecule has 0 aliphatic rings. The molecule has 3 N–H and O–H groups in total. The second-order valence-corrected chi connectivity index (χ2v) is 12.9. The molecule has 0 saturated carbocycles. The van der Waals surface area contributed by atoms with E-state index in [1.807, 2.05) is 6.26 Å². The van der Waals surface area contributed by atoms with Crippen LogP contribution in [0.3, 0.4) is 0 Å². The van der Waals surface area contributed by atoms with Gasteiger partial charge in [0.1, 0.15) is 0 Å². The van der Waals surface area contributed by atoms with Gasteiger partial charge in [0.15, 0.2) is 0 Å². The van der Waals surface area contributed by atoms with Gasteiger partial charge in [-0.1, -0.05) is 48.5 Å². The van der Waals surface area contributed by atoms with Crippen LogP contribution in [0.5, 0.6) is 0 Å². The highest BCUT2D eigenvalue weighted by Crippen LogP contribution is 2.25. The quantitative estimate of drug-likeness (QED) is 0.270. The molecule has 38 heavy (non-hydrogen) atoms. The Bertz CT molecular complexity index is 1320. The molecule has 0 radical (unpaired) electrons. The molecule has 0 aromatic heterocycles. The van der Waals surface area contributed by atoms with Crippen LogP contribution in [0.1, 0.15) is 25.0 Å². The third kappa shape index (κ3) is 8.41. The van der Waals surface area contributed by atoms with Gasteiger partial charge in [0.2, 0.25) is 10.0 Å². The van der Waals surface area contributed by atoms with E-state index in [9.17, 15) is 18.3 Å². The molecule has 0 aliphatic heterocycles. The Morgan fingerprint density at radius 1 is 1.00 bits per heavy atom. The lowest BCUT2D eigenvalue weighted by atomic mass is 9.95. The summed E-state index contributed by atoms with van der Waals surface area (Å²) in [5, 5.41) is 23.0. The fraction of sp³-hybridized carbons (Fsp3) is 0.345. The first-order valence-electron chi connectivity index (χ1n) is 12.3. The lowest BCUT2D eigenvalue weighted by molar-refractivity contribution is -0.136. The summed E-state index contributed by atoms with van der Waals surface area (Å²) in [5.41, 5.74) is 3.06. The first-order valence-corrected chi connectivity index (χ1v) is 15.0. The van der Waals surface area contributed by atoms with Gasteiger partial charge >= 0.3 is 5.97 Å². The number of hydrogen-bond acceptors (Lipinski definition) is 6. The molecule has 0 saturated heterocycles. The number of aliphatic carboxylic acids is 1. The monoisotopic (exact) mass is 556 g/mol. The number of carbonyl (C=O) groups is 1. The molecular weight excluding hydrogens is 520 g/mol. The average molecular weight is 557 g/mol. The maximum absolute atomic E-state index is 13.2.